The highest BCUT2D eigenvalue weighted by Gasteiger charge is 2.24. The van der Waals surface area contributed by atoms with E-state index in [1.165, 1.54) is 6.07 Å². The van der Waals surface area contributed by atoms with Gasteiger partial charge in [0.05, 0.1) is 11.3 Å². The van der Waals surface area contributed by atoms with E-state index in [1.54, 1.807) is 35.8 Å². The number of phenolic OH excluding ortho intramolecular Hbond substituents is 2. The van der Waals surface area contributed by atoms with Gasteiger partial charge in [-0.15, -0.1) is 0 Å². The van der Waals surface area contributed by atoms with Gasteiger partial charge in [-0.2, -0.15) is 0 Å². The molecule has 0 aliphatic heterocycles. The van der Waals surface area contributed by atoms with Crippen LogP contribution in [-0.2, 0) is 0 Å². The first-order valence-electron chi connectivity index (χ1n) is 9.97. The van der Waals surface area contributed by atoms with Crippen LogP contribution in [0.15, 0.2) is 59.1 Å². The average Bonchev–Trinajstić information content (AvgIpc) is 3.17. The van der Waals surface area contributed by atoms with E-state index in [9.17, 15) is 10.2 Å². The van der Waals surface area contributed by atoms with Crippen LogP contribution in [0.2, 0.25) is 0 Å². The van der Waals surface area contributed by atoms with Gasteiger partial charge in [-0.1, -0.05) is 23.7 Å². The zero-order valence-electron chi connectivity index (χ0n) is 17.3. The lowest BCUT2D eigenvalue weighted by Gasteiger charge is -2.18. The number of nitrogens with zero attached hydrogens (tertiary/aromatic N) is 1. The molecule has 2 N–H and O–H groups in total. The summed E-state index contributed by atoms with van der Waals surface area (Å²) in [5.41, 5.74) is 4.98. The summed E-state index contributed by atoms with van der Waals surface area (Å²) in [6.45, 7) is 0. The van der Waals surface area contributed by atoms with Crippen molar-refractivity contribution in [3.63, 3.8) is 0 Å². The standard InChI is InChI=1S/C23H17B3FNO3/c24-17-16(18(25)20(29)21(30)19(17)26)15-13(27)8-7-11-10-4-3-5-12(22(10)31-23(11)15)14-6-1-2-9-28-14/h1-9,29-30H,24-26H2. The average molecular weight is 407 g/mol. The van der Waals surface area contributed by atoms with Crippen LogP contribution in [0.1, 0.15) is 0 Å². The van der Waals surface area contributed by atoms with Crippen molar-refractivity contribution in [3.05, 3.63) is 60.5 Å². The van der Waals surface area contributed by atoms with Crippen molar-refractivity contribution in [2.75, 3.05) is 0 Å². The second kappa shape index (κ2) is 6.94. The number of benzene rings is 3. The van der Waals surface area contributed by atoms with Crippen molar-refractivity contribution in [1.29, 1.82) is 0 Å². The van der Waals surface area contributed by atoms with Gasteiger partial charge in [0, 0.05) is 22.5 Å². The van der Waals surface area contributed by atoms with E-state index in [0.29, 0.717) is 33.1 Å². The predicted molar refractivity (Wildman–Crippen MR) is 130 cm³/mol. The maximum atomic E-state index is 15.3. The molecule has 2 heterocycles. The molecule has 0 amide bonds. The zero-order valence-corrected chi connectivity index (χ0v) is 17.3. The normalized spacial score (nSPS) is 11.4. The van der Waals surface area contributed by atoms with Crippen molar-refractivity contribution in [1.82, 2.24) is 4.98 Å². The van der Waals surface area contributed by atoms with E-state index in [-0.39, 0.29) is 17.1 Å². The lowest BCUT2D eigenvalue weighted by atomic mass is 9.70. The van der Waals surface area contributed by atoms with Crippen LogP contribution < -0.4 is 16.4 Å². The smallest absolute Gasteiger partial charge is 0.150 e. The molecule has 3 aromatic carbocycles. The minimum Gasteiger partial charge on any atom is -0.505 e. The molecule has 31 heavy (non-hydrogen) atoms. The monoisotopic (exact) mass is 407 g/mol. The highest BCUT2D eigenvalue weighted by Crippen LogP contribution is 2.40. The topological polar surface area (TPSA) is 66.5 Å². The third-order valence-corrected chi connectivity index (χ3v) is 6.05. The summed E-state index contributed by atoms with van der Waals surface area (Å²) in [5, 5.41) is 22.3. The summed E-state index contributed by atoms with van der Waals surface area (Å²) in [6.07, 6.45) is 1.72. The van der Waals surface area contributed by atoms with E-state index >= 15 is 4.39 Å². The molecule has 0 bridgehead atoms. The van der Waals surface area contributed by atoms with Crippen LogP contribution in [-0.4, -0.2) is 38.7 Å². The largest absolute Gasteiger partial charge is 0.505 e. The van der Waals surface area contributed by atoms with Gasteiger partial charge in [0.15, 0.2) is 5.75 Å². The minimum atomic E-state index is -0.457. The van der Waals surface area contributed by atoms with Crippen LogP contribution in [0.25, 0.3) is 44.3 Å². The maximum Gasteiger partial charge on any atom is 0.150 e. The number of fused-ring (bicyclic) bond motifs is 3. The Kier molecular flexibility index (Phi) is 4.33. The molecule has 0 fully saturated rings. The zero-order chi connectivity index (χ0) is 21.9. The number of pyridine rings is 1. The first-order chi connectivity index (χ1) is 14.9. The number of hydrogen-bond acceptors (Lipinski definition) is 4. The second-order valence-electron chi connectivity index (χ2n) is 7.75. The van der Waals surface area contributed by atoms with Crippen molar-refractivity contribution < 1.29 is 19.0 Å². The van der Waals surface area contributed by atoms with Crippen molar-refractivity contribution >= 4 is 61.9 Å². The molecule has 8 heteroatoms. The van der Waals surface area contributed by atoms with Crippen LogP contribution in [0.5, 0.6) is 11.5 Å². The molecule has 5 rings (SSSR count). The van der Waals surface area contributed by atoms with Gasteiger partial charge in [0.2, 0.25) is 0 Å². The van der Waals surface area contributed by atoms with Gasteiger partial charge in [-0.3, -0.25) is 4.98 Å². The molecule has 5 aromatic rings. The number of furan rings is 1. The van der Waals surface area contributed by atoms with E-state index in [1.807, 2.05) is 36.4 Å². The Balaban J connectivity index is 1.92. The summed E-state index contributed by atoms with van der Waals surface area (Å²) in [7, 11) is 5.16. The van der Waals surface area contributed by atoms with Crippen LogP contribution in [0.3, 0.4) is 0 Å². The molecule has 2 aromatic heterocycles. The minimum absolute atomic E-state index is 0.187. The molecule has 0 aliphatic carbocycles. The highest BCUT2D eigenvalue weighted by molar-refractivity contribution is 6.56. The van der Waals surface area contributed by atoms with E-state index in [2.05, 4.69) is 4.98 Å². The summed E-state index contributed by atoms with van der Waals surface area (Å²) in [5.74, 6) is -0.894. The molecule has 0 atom stereocenters. The number of rotatable bonds is 2. The third kappa shape index (κ3) is 2.75. The fraction of sp³-hybridized carbons (Fsp3) is 0. The van der Waals surface area contributed by atoms with Crippen molar-refractivity contribution in [3.8, 4) is 33.9 Å². The molecule has 0 radical (unpaired) electrons. The molecule has 4 nitrogen and oxygen atoms in total. The first-order valence-corrected chi connectivity index (χ1v) is 9.97. The Hall–Kier alpha value is -3.67. The summed E-state index contributed by atoms with van der Waals surface area (Å²) < 4.78 is 21.6. The Labute approximate surface area is 180 Å². The Bertz CT molecular complexity index is 1470. The van der Waals surface area contributed by atoms with Crippen molar-refractivity contribution in [2.45, 2.75) is 0 Å². The lowest BCUT2D eigenvalue weighted by molar-refractivity contribution is 0.410. The van der Waals surface area contributed by atoms with Crippen LogP contribution >= 0.6 is 0 Å². The van der Waals surface area contributed by atoms with Gasteiger partial charge < -0.3 is 14.6 Å². The van der Waals surface area contributed by atoms with Crippen LogP contribution in [0, 0.1) is 5.82 Å². The molecule has 148 valence electrons. The number of hydrogen-bond donors (Lipinski definition) is 2. The van der Waals surface area contributed by atoms with Crippen molar-refractivity contribution in [2.24, 2.45) is 0 Å². The number of aromatic nitrogens is 1. The molecule has 0 saturated carbocycles. The quantitative estimate of drug-likeness (QED) is 0.333. The molecular formula is C23H17B3FNO3. The number of phenols is 2. The van der Waals surface area contributed by atoms with Gasteiger partial charge >= 0.3 is 0 Å². The lowest BCUT2D eigenvalue weighted by Crippen LogP contribution is -2.34. The number of aromatic hydroxyl groups is 2. The fourth-order valence-corrected chi connectivity index (χ4v) is 4.29. The van der Waals surface area contributed by atoms with E-state index < -0.39 is 5.82 Å². The number of halogens is 1. The predicted octanol–water partition coefficient (Wildman–Crippen LogP) is 0.640. The third-order valence-electron chi connectivity index (χ3n) is 6.05. The maximum absolute atomic E-state index is 15.3. The number of para-hydroxylation sites is 1. The SMILES string of the molecule is Bc1c(B)c(-c2c(F)ccc3c2oc2c(-c4ccccn4)cccc23)c(B)c(O)c1O. The van der Waals surface area contributed by atoms with Gasteiger partial charge in [-0.05, 0) is 46.8 Å². The molecular weight excluding hydrogens is 390 g/mol. The summed E-state index contributed by atoms with van der Waals surface area (Å²) in [4.78, 5) is 4.43. The Morgan fingerprint density at radius 2 is 1.48 bits per heavy atom. The molecule has 0 spiro atoms. The van der Waals surface area contributed by atoms with E-state index in [0.717, 1.165) is 22.0 Å². The highest BCUT2D eigenvalue weighted by atomic mass is 19.1. The second-order valence-corrected chi connectivity index (χ2v) is 7.75. The molecule has 0 saturated heterocycles. The van der Waals surface area contributed by atoms with Gasteiger partial charge in [-0.25, -0.2) is 4.39 Å². The fourth-order valence-electron chi connectivity index (χ4n) is 4.29. The van der Waals surface area contributed by atoms with Crippen LogP contribution in [0.4, 0.5) is 4.39 Å². The molecule has 0 unspecified atom stereocenters. The Morgan fingerprint density at radius 3 is 2.23 bits per heavy atom. The summed E-state index contributed by atoms with van der Waals surface area (Å²) >= 11 is 0. The summed E-state index contributed by atoms with van der Waals surface area (Å²) in [6, 6.07) is 14.6. The first kappa shape index (κ1) is 19.3. The van der Waals surface area contributed by atoms with Gasteiger partial charge in [0.1, 0.15) is 46.3 Å². The Morgan fingerprint density at radius 1 is 0.742 bits per heavy atom. The van der Waals surface area contributed by atoms with E-state index in [4.69, 9.17) is 4.42 Å². The van der Waals surface area contributed by atoms with Gasteiger partial charge in [0.25, 0.3) is 0 Å². The molecule has 0 aliphatic rings.